The van der Waals surface area contributed by atoms with Gasteiger partial charge in [0.05, 0.1) is 10.0 Å². The van der Waals surface area contributed by atoms with Crippen molar-refractivity contribution in [2.45, 2.75) is 23.6 Å². The number of carbonyl (C=O) groups is 1. The molecule has 0 bridgehead atoms. The third-order valence-electron chi connectivity index (χ3n) is 3.07. The molecule has 0 aliphatic carbocycles. The fourth-order valence-electron chi connectivity index (χ4n) is 2.06. The van der Waals surface area contributed by atoms with E-state index in [1.54, 1.807) is 34.7 Å². The molecule has 0 unspecified atom stereocenters. The van der Waals surface area contributed by atoms with Gasteiger partial charge in [-0.1, -0.05) is 58.6 Å². The van der Waals surface area contributed by atoms with E-state index >= 15 is 0 Å². The van der Waals surface area contributed by atoms with Crippen molar-refractivity contribution in [2.24, 2.45) is 0 Å². The average molecular weight is 442 g/mol. The van der Waals surface area contributed by atoms with Crippen LogP contribution in [0, 0.1) is 0 Å². The van der Waals surface area contributed by atoms with E-state index in [0.29, 0.717) is 28.8 Å². The van der Waals surface area contributed by atoms with E-state index in [9.17, 15) is 4.79 Å². The molecule has 0 heterocycles. The highest BCUT2D eigenvalue weighted by molar-refractivity contribution is 8.02. The Morgan fingerprint density at radius 1 is 1.20 bits per heavy atom. The van der Waals surface area contributed by atoms with Crippen LogP contribution in [-0.2, 0) is 4.79 Å². The topological polar surface area (TPSA) is 23.6 Å². The second-order valence-electron chi connectivity index (χ2n) is 5.40. The van der Waals surface area contributed by atoms with Crippen LogP contribution < -0.4 is 4.90 Å². The molecule has 0 fully saturated rings. The Labute approximate surface area is 173 Å². The Balaban J connectivity index is 3.13. The molecule has 0 aliphatic rings. The lowest BCUT2D eigenvalue weighted by molar-refractivity contribution is -0.118. The maximum atomic E-state index is 13.0. The first kappa shape index (κ1) is 22.7. The van der Waals surface area contributed by atoms with Gasteiger partial charge in [-0.2, -0.15) is 0 Å². The van der Waals surface area contributed by atoms with Gasteiger partial charge in [0.15, 0.2) is 0 Å². The minimum Gasteiger partial charge on any atom is -0.306 e. The van der Waals surface area contributed by atoms with Crippen LogP contribution in [-0.4, -0.2) is 33.0 Å². The summed E-state index contributed by atoms with van der Waals surface area (Å²) in [7, 11) is 0. The number of halogens is 4. The highest BCUT2D eigenvalue weighted by atomic mass is 35.5. The summed E-state index contributed by atoms with van der Waals surface area (Å²) in [5.41, 5.74) is 0.569. The SMILES string of the molecule is C=CCN(CC=C)SC(Cl)(Cl)C(=O)N(c1ccc(Cl)c(Cl)c1)C(C)C. The number of nitrogens with zero attached hydrogens (tertiary/aromatic N) is 2. The normalized spacial score (nSPS) is 11.7. The molecule has 0 radical (unpaired) electrons. The molecule has 0 aromatic heterocycles. The zero-order chi connectivity index (χ0) is 19.2. The van der Waals surface area contributed by atoms with Gasteiger partial charge in [0, 0.05) is 24.8 Å². The zero-order valence-corrected chi connectivity index (χ0v) is 17.9. The smallest absolute Gasteiger partial charge is 0.275 e. The van der Waals surface area contributed by atoms with Gasteiger partial charge < -0.3 is 4.90 Å². The van der Waals surface area contributed by atoms with Gasteiger partial charge >= 0.3 is 0 Å². The summed E-state index contributed by atoms with van der Waals surface area (Å²) in [6, 6.07) is 4.75. The predicted octanol–water partition coefficient (Wildman–Crippen LogP) is 6.19. The van der Waals surface area contributed by atoms with Crippen molar-refractivity contribution in [3.63, 3.8) is 0 Å². The molecule has 0 spiro atoms. The number of benzene rings is 1. The Morgan fingerprint density at radius 3 is 2.20 bits per heavy atom. The molecule has 0 saturated carbocycles. The van der Waals surface area contributed by atoms with Crippen molar-refractivity contribution < 1.29 is 4.79 Å². The molecule has 0 aliphatic heterocycles. The van der Waals surface area contributed by atoms with Crippen LogP contribution >= 0.6 is 58.4 Å². The quantitative estimate of drug-likeness (QED) is 0.259. The Bertz CT molecular complexity index is 627. The van der Waals surface area contributed by atoms with Gasteiger partial charge in [0.25, 0.3) is 9.57 Å². The molecular formula is C17H20Cl4N2OS. The molecule has 0 saturated heterocycles. The van der Waals surface area contributed by atoms with Crippen molar-refractivity contribution >= 4 is 69.9 Å². The van der Waals surface area contributed by atoms with Gasteiger partial charge in [-0.25, -0.2) is 4.31 Å². The number of amides is 1. The van der Waals surface area contributed by atoms with Gasteiger partial charge in [-0.3, -0.25) is 4.79 Å². The molecular weight excluding hydrogens is 422 g/mol. The fourth-order valence-corrected chi connectivity index (χ4v) is 3.98. The Kier molecular flexibility index (Phi) is 9.16. The van der Waals surface area contributed by atoms with E-state index in [0.717, 1.165) is 11.9 Å². The lowest BCUT2D eigenvalue weighted by Crippen LogP contribution is -2.46. The Morgan fingerprint density at radius 2 is 1.76 bits per heavy atom. The van der Waals surface area contributed by atoms with E-state index in [4.69, 9.17) is 46.4 Å². The summed E-state index contributed by atoms with van der Waals surface area (Å²) in [6.07, 6.45) is 3.40. The van der Waals surface area contributed by atoms with E-state index in [-0.39, 0.29) is 6.04 Å². The number of hydrogen-bond acceptors (Lipinski definition) is 3. The molecule has 0 atom stereocenters. The van der Waals surface area contributed by atoms with Crippen LogP contribution in [0.15, 0.2) is 43.5 Å². The number of anilines is 1. The van der Waals surface area contributed by atoms with Crippen LogP contribution in [0.2, 0.25) is 10.0 Å². The van der Waals surface area contributed by atoms with E-state index in [1.807, 2.05) is 13.8 Å². The van der Waals surface area contributed by atoms with Gasteiger partial charge in [0.2, 0.25) is 0 Å². The highest BCUT2D eigenvalue weighted by Gasteiger charge is 2.41. The zero-order valence-electron chi connectivity index (χ0n) is 14.0. The van der Waals surface area contributed by atoms with Gasteiger partial charge in [-0.05, 0) is 44.0 Å². The lowest BCUT2D eigenvalue weighted by Gasteiger charge is -2.33. The molecule has 8 heteroatoms. The summed E-state index contributed by atoms with van der Waals surface area (Å²) < 4.78 is 0.0770. The monoisotopic (exact) mass is 440 g/mol. The third-order valence-corrected chi connectivity index (χ3v) is 5.51. The number of rotatable bonds is 9. The summed E-state index contributed by atoms with van der Waals surface area (Å²) in [4.78, 5) is 14.5. The summed E-state index contributed by atoms with van der Waals surface area (Å²) in [5, 5.41) is 0.752. The van der Waals surface area contributed by atoms with Crippen molar-refractivity contribution in [1.29, 1.82) is 0 Å². The van der Waals surface area contributed by atoms with E-state index in [1.165, 1.54) is 4.90 Å². The molecule has 1 aromatic rings. The summed E-state index contributed by atoms with van der Waals surface area (Å²) in [6.45, 7) is 12.1. The van der Waals surface area contributed by atoms with E-state index < -0.39 is 9.57 Å². The number of alkyl halides is 2. The second-order valence-corrected chi connectivity index (χ2v) is 9.30. The fraction of sp³-hybridized carbons (Fsp3) is 0.353. The molecule has 138 valence electrons. The molecule has 0 N–H and O–H groups in total. The lowest BCUT2D eigenvalue weighted by atomic mass is 10.2. The van der Waals surface area contributed by atoms with Crippen LogP contribution in [0.5, 0.6) is 0 Å². The largest absolute Gasteiger partial charge is 0.306 e. The van der Waals surface area contributed by atoms with Crippen LogP contribution in [0.25, 0.3) is 0 Å². The van der Waals surface area contributed by atoms with Crippen LogP contribution in [0.1, 0.15) is 13.8 Å². The molecule has 3 nitrogen and oxygen atoms in total. The maximum absolute atomic E-state index is 13.0. The second kappa shape index (κ2) is 10.1. The molecule has 1 aromatic carbocycles. The average Bonchev–Trinajstić information content (AvgIpc) is 2.50. The molecule has 25 heavy (non-hydrogen) atoms. The molecule has 1 amide bonds. The van der Waals surface area contributed by atoms with Crippen molar-refractivity contribution in [1.82, 2.24) is 4.31 Å². The molecule has 1 rings (SSSR count). The summed E-state index contributed by atoms with van der Waals surface area (Å²) in [5.74, 6) is -0.465. The minimum absolute atomic E-state index is 0.186. The Hall–Kier alpha value is -0.360. The van der Waals surface area contributed by atoms with Gasteiger partial charge in [0.1, 0.15) is 0 Å². The minimum atomic E-state index is -1.72. The number of carbonyl (C=O) groups excluding carboxylic acids is 1. The standard InChI is InChI=1S/C17H20Cl4N2OS/c1-5-9-22(10-6-2)25-17(20,21)16(24)23(12(3)4)13-7-8-14(18)15(19)11-13/h5-8,11-12H,1-2,9-10H2,3-4H3. The van der Waals surface area contributed by atoms with Crippen molar-refractivity contribution in [2.75, 3.05) is 18.0 Å². The van der Waals surface area contributed by atoms with Gasteiger partial charge in [-0.15, -0.1) is 13.2 Å². The highest BCUT2D eigenvalue weighted by Crippen LogP contribution is 2.41. The predicted molar refractivity (Wildman–Crippen MR) is 113 cm³/mol. The van der Waals surface area contributed by atoms with Crippen LogP contribution in [0.4, 0.5) is 5.69 Å². The first-order valence-corrected chi connectivity index (χ1v) is 9.75. The van der Waals surface area contributed by atoms with Crippen molar-refractivity contribution in [3.05, 3.63) is 53.6 Å². The number of hydrogen-bond donors (Lipinski definition) is 0. The first-order chi connectivity index (χ1) is 11.6. The first-order valence-electron chi connectivity index (χ1n) is 7.46. The van der Waals surface area contributed by atoms with E-state index in [2.05, 4.69) is 13.2 Å². The van der Waals surface area contributed by atoms with Crippen LogP contribution in [0.3, 0.4) is 0 Å². The van der Waals surface area contributed by atoms with Crippen molar-refractivity contribution in [3.8, 4) is 0 Å². The summed E-state index contributed by atoms with van der Waals surface area (Å²) >= 11 is 25.8. The third kappa shape index (κ3) is 6.38. The maximum Gasteiger partial charge on any atom is 0.275 e.